The van der Waals surface area contributed by atoms with Gasteiger partial charge in [0.15, 0.2) is 0 Å². The zero-order valence-corrected chi connectivity index (χ0v) is 11.3. The van der Waals surface area contributed by atoms with Crippen LogP contribution in [0.3, 0.4) is 0 Å². The lowest BCUT2D eigenvalue weighted by molar-refractivity contribution is -0.121. The smallest absolute Gasteiger partial charge is 0.234 e. The molecule has 0 aromatic carbocycles. The molecule has 3 nitrogen and oxygen atoms in total. The molecule has 0 aliphatic carbocycles. The van der Waals surface area contributed by atoms with Crippen LogP contribution in [0.15, 0.2) is 0 Å². The minimum Gasteiger partial charge on any atom is -0.354 e. The molecule has 0 aliphatic heterocycles. The predicted octanol–water partition coefficient (Wildman–Crippen LogP) is 1.47. The van der Waals surface area contributed by atoms with Crippen molar-refractivity contribution < 1.29 is 4.79 Å². The maximum atomic E-state index is 11.5. The Labute approximate surface area is 95.4 Å². The predicted molar refractivity (Wildman–Crippen MR) is 63.7 cm³/mol. The van der Waals surface area contributed by atoms with Crippen molar-refractivity contribution in [2.75, 3.05) is 20.6 Å². The highest BCUT2D eigenvalue weighted by Gasteiger charge is 2.18. The first kappa shape index (κ1) is 13.9. The zero-order valence-electron chi connectivity index (χ0n) is 9.67. The van der Waals surface area contributed by atoms with Crippen molar-refractivity contribution in [2.24, 2.45) is 5.92 Å². The van der Waals surface area contributed by atoms with Gasteiger partial charge in [0.1, 0.15) is 0 Å². The summed E-state index contributed by atoms with van der Waals surface area (Å²) in [7, 11) is 4.01. The minimum atomic E-state index is -0.0862. The van der Waals surface area contributed by atoms with E-state index in [2.05, 4.69) is 33.1 Å². The molecule has 14 heavy (non-hydrogen) atoms. The Morgan fingerprint density at radius 3 is 2.21 bits per heavy atom. The Bertz CT molecular complexity index is 183. The van der Waals surface area contributed by atoms with Gasteiger partial charge in [-0.05, 0) is 26.9 Å². The molecule has 1 amide bonds. The molecule has 0 aliphatic rings. The lowest BCUT2D eigenvalue weighted by atomic mass is 10.1. The van der Waals surface area contributed by atoms with Crippen molar-refractivity contribution in [2.45, 2.75) is 31.6 Å². The van der Waals surface area contributed by atoms with E-state index in [4.69, 9.17) is 0 Å². The topological polar surface area (TPSA) is 32.3 Å². The van der Waals surface area contributed by atoms with Crippen molar-refractivity contribution in [1.82, 2.24) is 10.2 Å². The van der Waals surface area contributed by atoms with Crippen molar-refractivity contribution in [3.05, 3.63) is 0 Å². The van der Waals surface area contributed by atoms with Gasteiger partial charge in [-0.15, -0.1) is 0 Å². The van der Waals surface area contributed by atoms with Gasteiger partial charge >= 0.3 is 0 Å². The van der Waals surface area contributed by atoms with Crippen molar-refractivity contribution in [3.8, 4) is 0 Å². The van der Waals surface area contributed by atoms with Crippen LogP contribution in [-0.2, 0) is 4.79 Å². The van der Waals surface area contributed by atoms with Gasteiger partial charge in [-0.1, -0.05) is 29.8 Å². The fourth-order valence-electron chi connectivity index (χ4n) is 0.831. The van der Waals surface area contributed by atoms with Crippen LogP contribution in [0.5, 0.6) is 0 Å². The second-order valence-electron chi connectivity index (χ2n) is 4.20. The van der Waals surface area contributed by atoms with E-state index < -0.39 is 0 Å². The second-order valence-corrected chi connectivity index (χ2v) is 5.19. The number of halogens is 1. The molecule has 1 N–H and O–H groups in total. The normalized spacial score (nSPS) is 15.7. The highest BCUT2D eigenvalue weighted by molar-refractivity contribution is 9.10. The third-order valence-electron chi connectivity index (χ3n) is 2.29. The lowest BCUT2D eigenvalue weighted by Crippen LogP contribution is -2.42. The van der Waals surface area contributed by atoms with Gasteiger partial charge < -0.3 is 10.2 Å². The third kappa shape index (κ3) is 4.96. The number of rotatable bonds is 5. The number of nitrogens with zero attached hydrogens (tertiary/aromatic N) is 1. The van der Waals surface area contributed by atoms with Crippen LogP contribution < -0.4 is 5.32 Å². The molecule has 4 heteroatoms. The van der Waals surface area contributed by atoms with Gasteiger partial charge in [-0.25, -0.2) is 0 Å². The monoisotopic (exact) mass is 264 g/mol. The summed E-state index contributed by atoms with van der Waals surface area (Å²) in [5.74, 6) is 0.401. The molecule has 0 aromatic rings. The second kappa shape index (κ2) is 6.40. The molecule has 0 saturated carbocycles. The lowest BCUT2D eigenvalue weighted by Gasteiger charge is -2.21. The molecule has 0 bridgehead atoms. The highest BCUT2D eigenvalue weighted by Crippen LogP contribution is 2.11. The Balaban J connectivity index is 3.85. The number of likely N-dealkylation sites (N-methyl/N-ethyl adjacent to an activating group) is 1. The summed E-state index contributed by atoms with van der Waals surface area (Å²) in [6.07, 6.45) is 0. The number of carbonyl (C=O) groups excluding carboxylic acids is 1. The maximum absolute atomic E-state index is 11.5. The van der Waals surface area contributed by atoms with Crippen molar-refractivity contribution in [1.29, 1.82) is 0 Å². The Morgan fingerprint density at radius 1 is 1.36 bits per heavy atom. The highest BCUT2D eigenvalue weighted by atomic mass is 79.9. The van der Waals surface area contributed by atoms with Crippen molar-refractivity contribution in [3.63, 3.8) is 0 Å². The van der Waals surface area contributed by atoms with E-state index in [9.17, 15) is 4.79 Å². The van der Waals surface area contributed by atoms with Crippen LogP contribution in [0.4, 0.5) is 0 Å². The molecule has 2 atom stereocenters. The number of carbonyl (C=O) groups is 1. The summed E-state index contributed by atoms with van der Waals surface area (Å²) < 4.78 is 0. The average Bonchev–Trinajstić information content (AvgIpc) is 2.11. The van der Waals surface area contributed by atoms with Gasteiger partial charge in [0.05, 0.1) is 4.83 Å². The molecule has 0 heterocycles. The average molecular weight is 265 g/mol. The first-order valence-electron chi connectivity index (χ1n) is 4.94. The van der Waals surface area contributed by atoms with Crippen LogP contribution in [0, 0.1) is 5.92 Å². The van der Waals surface area contributed by atoms with Crippen molar-refractivity contribution >= 4 is 21.8 Å². The van der Waals surface area contributed by atoms with E-state index in [-0.39, 0.29) is 10.7 Å². The molecule has 0 rings (SSSR count). The Morgan fingerprint density at radius 2 is 1.86 bits per heavy atom. The number of hydrogen-bond acceptors (Lipinski definition) is 2. The molecular formula is C10H21BrN2O. The van der Waals surface area contributed by atoms with Crippen LogP contribution in [0.1, 0.15) is 20.8 Å². The molecule has 0 fully saturated rings. The number of amides is 1. The largest absolute Gasteiger partial charge is 0.354 e. The molecular weight excluding hydrogens is 244 g/mol. The van der Waals surface area contributed by atoms with Gasteiger partial charge in [-0.2, -0.15) is 0 Å². The standard InChI is InChI=1S/C10H21BrN2O/c1-7(2)9(11)10(14)12-6-8(3)13(4)5/h7-9H,6H2,1-5H3,(H,12,14). The number of nitrogens with one attached hydrogen (secondary N) is 1. The van der Waals surface area contributed by atoms with E-state index >= 15 is 0 Å². The van der Waals surface area contributed by atoms with E-state index in [1.54, 1.807) is 0 Å². The minimum absolute atomic E-state index is 0.0775. The van der Waals surface area contributed by atoms with Gasteiger partial charge in [0.2, 0.25) is 5.91 Å². The van der Waals surface area contributed by atoms with Crippen LogP contribution in [-0.4, -0.2) is 42.3 Å². The fourth-order valence-corrected chi connectivity index (χ4v) is 0.993. The quantitative estimate of drug-likeness (QED) is 0.763. The summed E-state index contributed by atoms with van der Waals surface area (Å²) in [6, 6.07) is 0.366. The van der Waals surface area contributed by atoms with E-state index in [0.29, 0.717) is 18.5 Å². The van der Waals surface area contributed by atoms with Gasteiger partial charge in [0, 0.05) is 12.6 Å². The number of alkyl halides is 1. The van der Waals surface area contributed by atoms with Gasteiger partial charge in [-0.3, -0.25) is 4.79 Å². The molecule has 0 radical (unpaired) electrons. The van der Waals surface area contributed by atoms with E-state index in [1.807, 2.05) is 27.9 Å². The molecule has 2 unspecified atom stereocenters. The summed E-state index contributed by atoms with van der Waals surface area (Å²) in [5, 5.41) is 2.92. The van der Waals surface area contributed by atoms with E-state index in [1.165, 1.54) is 0 Å². The SMILES string of the molecule is CC(C)C(Br)C(=O)NCC(C)N(C)C. The van der Waals surface area contributed by atoms with E-state index in [0.717, 1.165) is 0 Å². The summed E-state index contributed by atoms with van der Waals surface area (Å²) in [4.78, 5) is 13.5. The third-order valence-corrected chi connectivity index (χ3v) is 3.76. The fraction of sp³-hybridized carbons (Fsp3) is 0.900. The molecule has 0 spiro atoms. The van der Waals surface area contributed by atoms with Crippen LogP contribution in [0.2, 0.25) is 0 Å². The van der Waals surface area contributed by atoms with Crippen LogP contribution >= 0.6 is 15.9 Å². The summed E-state index contributed by atoms with van der Waals surface area (Å²) in [6.45, 7) is 6.82. The maximum Gasteiger partial charge on any atom is 0.234 e. The van der Waals surface area contributed by atoms with Crippen LogP contribution in [0.25, 0.3) is 0 Å². The first-order valence-corrected chi connectivity index (χ1v) is 5.86. The zero-order chi connectivity index (χ0) is 11.3. The number of hydrogen-bond donors (Lipinski definition) is 1. The Hall–Kier alpha value is -0.0900. The molecule has 84 valence electrons. The molecule has 0 aromatic heterocycles. The Kier molecular flexibility index (Phi) is 6.36. The summed E-state index contributed by atoms with van der Waals surface area (Å²) >= 11 is 3.37. The van der Waals surface area contributed by atoms with Gasteiger partial charge in [0.25, 0.3) is 0 Å². The first-order chi connectivity index (χ1) is 6.36. The molecule has 0 saturated heterocycles. The summed E-state index contributed by atoms with van der Waals surface area (Å²) in [5.41, 5.74) is 0.